The SMILES string of the molecule is CC(CCCC(C)C(=O)O)NC(=O)NCc1ncn(C)n1. The first-order chi connectivity index (χ1) is 9.88. The summed E-state index contributed by atoms with van der Waals surface area (Å²) in [7, 11) is 1.76. The van der Waals surface area contributed by atoms with Gasteiger partial charge in [-0.2, -0.15) is 5.10 Å². The van der Waals surface area contributed by atoms with E-state index in [2.05, 4.69) is 20.7 Å². The third-order valence-electron chi connectivity index (χ3n) is 3.13. The van der Waals surface area contributed by atoms with Crippen molar-refractivity contribution in [1.29, 1.82) is 0 Å². The first kappa shape index (κ1) is 16.9. The molecule has 8 heteroatoms. The highest BCUT2D eigenvalue weighted by Gasteiger charge is 2.12. The van der Waals surface area contributed by atoms with Gasteiger partial charge in [0.1, 0.15) is 6.33 Å². The highest BCUT2D eigenvalue weighted by molar-refractivity contribution is 5.74. The van der Waals surface area contributed by atoms with Crippen molar-refractivity contribution in [1.82, 2.24) is 25.4 Å². The van der Waals surface area contributed by atoms with Gasteiger partial charge in [0.2, 0.25) is 0 Å². The minimum absolute atomic E-state index is 0.0114. The molecule has 1 heterocycles. The summed E-state index contributed by atoms with van der Waals surface area (Å²) >= 11 is 0. The Labute approximate surface area is 123 Å². The summed E-state index contributed by atoms with van der Waals surface area (Å²) in [4.78, 5) is 26.3. The first-order valence-corrected chi connectivity index (χ1v) is 7.00. The van der Waals surface area contributed by atoms with Crippen molar-refractivity contribution < 1.29 is 14.7 Å². The molecule has 21 heavy (non-hydrogen) atoms. The Morgan fingerprint density at radius 1 is 1.38 bits per heavy atom. The van der Waals surface area contributed by atoms with E-state index in [-0.39, 0.29) is 24.5 Å². The second-order valence-corrected chi connectivity index (χ2v) is 5.23. The van der Waals surface area contributed by atoms with Crippen LogP contribution >= 0.6 is 0 Å². The molecule has 0 aliphatic heterocycles. The van der Waals surface area contributed by atoms with Gasteiger partial charge in [-0.15, -0.1) is 0 Å². The molecule has 1 aromatic heterocycles. The lowest BCUT2D eigenvalue weighted by Crippen LogP contribution is -2.40. The minimum atomic E-state index is -0.781. The molecule has 2 unspecified atom stereocenters. The van der Waals surface area contributed by atoms with Crippen LogP contribution in [0.4, 0.5) is 4.79 Å². The monoisotopic (exact) mass is 297 g/mol. The Balaban J connectivity index is 2.17. The molecule has 1 aromatic rings. The molecule has 0 aliphatic rings. The second kappa shape index (κ2) is 8.23. The van der Waals surface area contributed by atoms with E-state index >= 15 is 0 Å². The Morgan fingerprint density at radius 3 is 2.67 bits per heavy atom. The number of carbonyl (C=O) groups excluding carboxylic acids is 1. The summed E-state index contributed by atoms with van der Waals surface area (Å²) in [6.45, 7) is 3.85. The van der Waals surface area contributed by atoms with Gasteiger partial charge < -0.3 is 15.7 Å². The van der Waals surface area contributed by atoms with Crippen LogP contribution in [0.25, 0.3) is 0 Å². The van der Waals surface area contributed by atoms with Crippen molar-refractivity contribution in [2.75, 3.05) is 0 Å². The number of aryl methyl sites for hydroxylation is 1. The van der Waals surface area contributed by atoms with Crippen LogP contribution in [0.15, 0.2) is 6.33 Å². The van der Waals surface area contributed by atoms with Gasteiger partial charge >= 0.3 is 12.0 Å². The molecule has 2 atom stereocenters. The van der Waals surface area contributed by atoms with Crippen molar-refractivity contribution in [3.63, 3.8) is 0 Å². The zero-order chi connectivity index (χ0) is 15.8. The van der Waals surface area contributed by atoms with Gasteiger partial charge in [-0.3, -0.25) is 9.48 Å². The maximum atomic E-state index is 11.7. The number of hydrogen-bond acceptors (Lipinski definition) is 4. The van der Waals surface area contributed by atoms with Gasteiger partial charge in [0.25, 0.3) is 0 Å². The van der Waals surface area contributed by atoms with E-state index in [1.807, 2.05) is 6.92 Å². The highest BCUT2D eigenvalue weighted by atomic mass is 16.4. The van der Waals surface area contributed by atoms with Crippen molar-refractivity contribution in [2.45, 2.75) is 45.7 Å². The second-order valence-electron chi connectivity index (χ2n) is 5.23. The van der Waals surface area contributed by atoms with Gasteiger partial charge in [-0.05, 0) is 19.8 Å². The molecule has 2 amide bonds. The van der Waals surface area contributed by atoms with E-state index < -0.39 is 5.97 Å². The standard InChI is InChI=1S/C13H23N5O3/c1-9(12(19)20)5-4-6-10(2)16-13(21)14-7-11-15-8-18(3)17-11/h8-10H,4-7H2,1-3H3,(H,19,20)(H2,14,16,21). The average molecular weight is 297 g/mol. The molecule has 8 nitrogen and oxygen atoms in total. The number of nitrogens with one attached hydrogen (secondary N) is 2. The van der Waals surface area contributed by atoms with E-state index in [4.69, 9.17) is 5.11 Å². The van der Waals surface area contributed by atoms with Gasteiger partial charge in [0.05, 0.1) is 12.5 Å². The van der Waals surface area contributed by atoms with Gasteiger partial charge in [-0.25, -0.2) is 9.78 Å². The van der Waals surface area contributed by atoms with Crippen LogP contribution in [0.3, 0.4) is 0 Å². The predicted octanol–water partition coefficient (Wildman–Crippen LogP) is 0.894. The normalized spacial score (nSPS) is 13.5. The molecule has 0 radical (unpaired) electrons. The number of amides is 2. The molecular weight excluding hydrogens is 274 g/mol. The fourth-order valence-corrected chi connectivity index (χ4v) is 1.82. The van der Waals surface area contributed by atoms with Gasteiger partial charge in [-0.1, -0.05) is 13.3 Å². The number of aromatic nitrogens is 3. The maximum absolute atomic E-state index is 11.7. The van der Waals surface area contributed by atoms with Crippen LogP contribution < -0.4 is 10.6 Å². The molecule has 0 spiro atoms. The lowest BCUT2D eigenvalue weighted by Gasteiger charge is -2.14. The van der Waals surface area contributed by atoms with Crippen LogP contribution in [-0.2, 0) is 18.4 Å². The van der Waals surface area contributed by atoms with Crippen molar-refractivity contribution in [3.05, 3.63) is 12.2 Å². The molecule has 0 fully saturated rings. The van der Waals surface area contributed by atoms with E-state index in [9.17, 15) is 9.59 Å². The van der Waals surface area contributed by atoms with Crippen LogP contribution in [0.5, 0.6) is 0 Å². The highest BCUT2D eigenvalue weighted by Crippen LogP contribution is 2.09. The number of hydrogen-bond donors (Lipinski definition) is 3. The fourth-order valence-electron chi connectivity index (χ4n) is 1.82. The zero-order valence-corrected chi connectivity index (χ0v) is 12.7. The molecule has 0 aromatic carbocycles. The van der Waals surface area contributed by atoms with Crippen molar-refractivity contribution >= 4 is 12.0 Å². The molecule has 0 bridgehead atoms. The Kier molecular flexibility index (Phi) is 6.64. The Hall–Kier alpha value is -2.12. The quantitative estimate of drug-likeness (QED) is 0.660. The molecule has 3 N–H and O–H groups in total. The van der Waals surface area contributed by atoms with E-state index in [1.165, 1.54) is 0 Å². The number of nitrogens with zero attached hydrogens (tertiary/aromatic N) is 3. The molecular formula is C13H23N5O3. The van der Waals surface area contributed by atoms with Crippen LogP contribution in [0, 0.1) is 5.92 Å². The molecule has 0 saturated heterocycles. The predicted molar refractivity (Wildman–Crippen MR) is 76.5 cm³/mol. The number of carboxylic acid groups (broad SMARTS) is 1. The summed E-state index contributed by atoms with van der Waals surface area (Å²) in [6.07, 6.45) is 3.69. The number of urea groups is 1. The summed E-state index contributed by atoms with van der Waals surface area (Å²) < 4.78 is 1.57. The first-order valence-electron chi connectivity index (χ1n) is 7.00. The van der Waals surface area contributed by atoms with Crippen LogP contribution in [0.2, 0.25) is 0 Å². The fraction of sp³-hybridized carbons (Fsp3) is 0.692. The number of aliphatic carboxylic acids is 1. The van der Waals surface area contributed by atoms with E-state index in [1.54, 1.807) is 25.0 Å². The van der Waals surface area contributed by atoms with E-state index in [0.717, 1.165) is 12.8 Å². The molecule has 0 aliphatic carbocycles. The zero-order valence-electron chi connectivity index (χ0n) is 12.7. The Bertz CT molecular complexity index is 474. The third-order valence-corrected chi connectivity index (χ3v) is 3.13. The maximum Gasteiger partial charge on any atom is 0.315 e. The number of rotatable bonds is 8. The lowest BCUT2D eigenvalue weighted by molar-refractivity contribution is -0.141. The van der Waals surface area contributed by atoms with Crippen LogP contribution in [0.1, 0.15) is 38.9 Å². The largest absolute Gasteiger partial charge is 0.481 e. The smallest absolute Gasteiger partial charge is 0.315 e. The number of carbonyl (C=O) groups is 2. The molecule has 118 valence electrons. The molecule has 0 saturated carbocycles. The van der Waals surface area contributed by atoms with Crippen molar-refractivity contribution in [2.24, 2.45) is 13.0 Å². The summed E-state index contributed by atoms with van der Waals surface area (Å²) in [5, 5.41) is 18.3. The Morgan fingerprint density at radius 2 is 2.10 bits per heavy atom. The van der Waals surface area contributed by atoms with Crippen molar-refractivity contribution in [3.8, 4) is 0 Å². The number of carboxylic acids is 1. The topological polar surface area (TPSA) is 109 Å². The summed E-state index contributed by atoms with van der Waals surface area (Å²) in [6, 6.07) is -0.288. The third kappa shape index (κ3) is 6.73. The summed E-state index contributed by atoms with van der Waals surface area (Å²) in [5.74, 6) is -0.576. The van der Waals surface area contributed by atoms with E-state index in [0.29, 0.717) is 12.2 Å². The van der Waals surface area contributed by atoms with Gasteiger partial charge in [0, 0.05) is 13.1 Å². The summed E-state index contributed by atoms with van der Waals surface area (Å²) in [5.41, 5.74) is 0. The van der Waals surface area contributed by atoms with Gasteiger partial charge in [0.15, 0.2) is 5.82 Å². The minimum Gasteiger partial charge on any atom is -0.481 e. The molecule has 1 rings (SSSR count). The lowest BCUT2D eigenvalue weighted by atomic mass is 10.0. The van der Waals surface area contributed by atoms with Crippen LogP contribution in [-0.4, -0.2) is 37.9 Å². The average Bonchev–Trinajstić information content (AvgIpc) is 2.82.